The molecule has 2 fully saturated rings. The molecule has 0 spiro atoms. The highest BCUT2D eigenvalue weighted by atomic mass is 16.5. The Balaban J connectivity index is 1.31. The van der Waals surface area contributed by atoms with Crippen molar-refractivity contribution in [3.63, 3.8) is 0 Å². The van der Waals surface area contributed by atoms with Gasteiger partial charge in [0.05, 0.1) is 30.1 Å². The van der Waals surface area contributed by atoms with Crippen molar-refractivity contribution in [2.24, 2.45) is 0 Å². The van der Waals surface area contributed by atoms with Gasteiger partial charge in [0.25, 0.3) is 0 Å². The quantitative estimate of drug-likeness (QED) is 0.458. The molecule has 5 heterocycles. The molecule has 2 N–H and O–H groups in total. The van der Waals surface area contributed by atoms with Crippen LogP contribution in [0.4, 0.5) is 5.82 Å². The van der Waals surface area contributed by atoms with Gasteiger partial charge in [0.15, 0.2) is 0 Å². The van der Waals surface area contributed by atoms with Crippen LogP contribution in [-0.4, -0.2) is 98.6 Å². The normalized spacial score (nSPS) is 24.9. The predicted octanol–water partition coefficient (Wildman–Crippen LogP) is 1.19. The summed E-state index contributed by atoms with van der Waals surface area (Å²) >= 11 is 0. The van der Waals surface area contributed by atoms with E-state index in [1.54, 1.807) is 12.4 Å². The first kappa shape index (κ1) is 24.7. The number of aromatic nitrogens is 3. The average molecular weight is 491 g/mol. The lowest BCUT2D eigenvalue weighted by molar-refractivity contribution is -0.0327. The highest BCUT2D eigenvalue weighted by Gasteiger charge is 2.47. The van der Waals surface area contributed by atoms with E-state index in [1.807, 2.05) is 60.8 Å². The van der Waals surface area contributed by atoms with E-state index in [1.165, 1.54) is 0 Å². The van der Waals surface area contributed by atoms with Crippen LogP contribution in [0.5, 0.6) is 0 Å². The van der Waals surface area contributed by atoms with Gasteiger partial charge >= 0.3 is 0 Å². The minimum atomic E-state index is -0.757. The van der Waals surface area contributed by atoms with Gasteiger partial charge < -0.3 is 19.8 Å². The zero-order chi connectivity index (χ0) is 24.7. The molecule has 0 radical (unpaired) electrons. The Morgan fingerprint density at radius 1 is 0.806 bits per heavy atom. The second-order valence-electron chi connectivity index (χ2n) is 9.40. The molecule has 2 saturated heterocycles. The predicted molar refractivity (Wildman–Crippen MR) is 136 cm³/mol. The number of piperazine rings is 1. The van der Waals surface area contributed by atoms with Crippen LogP contribution in [0.2, 0.25) is 0 Å². The summed E-state index contributed by atoms with van der Waals surface area (Å²) in [4.78, 5) is 20.3. The molecule has 0 aliphatic carbocycles. The molecule has 0 aromatic carbocycles. The van der Waals surface area contributed by atoms with E-state index >= 15 is 0 Å². The van der Waals surface area contributed by atoms with E-state index in [9.17, 15) is 10.2 Å². The zero-order valence-corrected chi connectivity index (χ0v) is 20.4. The van der Waals surface area contributed by atoms with Gasteiger partial charge in [-0.1, -0.05) is 18.2 Å². The highest BCUT2D eigenvalue weighted by Crippen LogP contribution is 2.29. The molecule has 9 nitrogen and oxygen atoms in total. The number of nitrogens with zero attached hydrogens (tertiary/aromatic N) is 6. The van der Waals surface area contributed by atoms with Crippen LogP contribution in [0.3, 0.4) is 0 Å². The van der Waals surface area contributed by atoms with E-state index < -0.39 is 12.2 Å². The van der Waals surface area contributed by atoms with Crippen LogP contribution in [-0.2, 0) is 17.8 Å². The molecule has 0 saturated carbocycles. The summed E-state index contributed by atoms with van der Waals surface area (Å²) in [6.45, 7) is 4.88. The molecule has 4 atom stereocenters. The summed E-state index contributed by atoms with van der Waals surface area (Å²) in [5.74, 6) is 0.974. The van der Waals surface area contributed by atoms with Gasteiger partial charge in [-0.2, -0.15) is 0 Å². The molecule has 3 aromatic heterocycles. The summed E-state index contributed by atoms with van der Waals surface area (Å²) in [7, 11) is 0. The summed E-state index contributed by atoms with van der Waals surface area (Å²) in [5.41, 5.74) is 1.93. The van der Waals surface area contributed by atoms with Gasteiger partial charge in [0.2, 0.25) is 0 Å². The third kappa shape index (κ3) is 5.88. The molecule has 2 aliphatic heterocycles. The molecular weight excluding hydrogens is 456 g/mol. The first-order valence-electron chi connectivity index (χ1n) is 12.6. The lowest BCUT2D eigenvalue weighted by Crippen LogP contribution is -2.57. The van der Waals surface area contributed by atoms with Crippen LogP contribution < -0.4 is 4.90 Å². The fourth-order valence-corrected chi connectivity index (χ4v) is 5.25. The van der Waals surface area contributed by atoms with Crippen molar-refractivity contribution in [2.45, 2.75) is 37.4 Å². The first-order chi connectivity index (χ1) is 17.7. The molecule has 3 aromatic rings. The summed E-state index contributed by atoms with van der Waals surface area (Å²) in [6.07, 6.45) is 3.81. The van der Waals surface area contributed by atoms with E-state index in [0.29, 0.717) is 19.6 Å². The topological polar surface area (TPSA) is 98.1 Å². The Morgan fingerprint density at radius 3 is 1.94 bits per heavy atom. The van der Waals surface area contributed by atoms with Gasteiger partial charge in [-0.3, -0.25) is 19.8 Å². The van der Waals surface area contributed by atoms with Crippen molar-refractivity contribution < 1.29 is 14.9 Å². The van der Waals surface area contributed by atoms with E-state index in [4.69, 9.17) is 4.74 Å². The second kappa shape index (κ2) is 11.9. The van der Waals surface area contributed by atoms with Crippen LogP contribution in [0, 0.1) is 0 Å². The molecule has 190 valence electrons. The van der Waals surface area contributed by atoms with E-state index in [0.717, 1.165) is 43.4 Å². The molecule has 5 rings (SSSR count). The van der Waals surface area contributed by atoms with Crippen molar-refractivity contribution in [3.05, 3.63) is 84.6 Å². The monoisotopic (exact) mass is 490 g/mol. The Hall–Kier alpha value is -2.95. The molecule has 0 amide bonds. The molecule has 0 unspecified atom stereocenters. The Bertz CT molecular complexity index is 1010. The first-order valence-corrected chi connectivity index (χ1v) is 12.6. The number of hydrogen-bond acceptors (Lipinski definition) is 9. The second-order valence-corrected chi connectivity index (χ2v) is 9.40. The Morgan fingerprint density at radius 2 is 1.42 bits per heavy atom. The third-order valence-corrected chi connectivity index (χ3v) is 7.01. The van der Waals surface area contributed by atoms with Gasteiger partial charge in [-0.25, -0.2) is 4.98 Å². The van der Waals surface area contributed by atoms with Gasteiger partial charge in [-0.05, 0) is 36.4 Å². The van der Waals surface area contributed by atoms with Crippen molar-refractivity contribution in [1.29, 1.82) is 0 Å². The van der Waals surface area contributed by atoms with Gasteiger partial charge in [0.1, 0.15) is 18.0 Å². The maximum absolute atomic E-state index is 11.2. The minimum Gasteiger partial charge on any atom is -0.394 e. The van der Waals surface area contributed by atoms with Crippen LogP contribution in [0.25, 0.3) is 0 Å². The Kier molecular flexibility index (Phi) is 8.15. The average Bonchev–Trinajstić information content (AvgIpc) is 3.25. The molecule has 36 heavy (non-hydrogen) atoms. The number of pyridine rings is 3. The van der Waals surface area contributed by atoms with Gasteiger partial charge in [-0.15, -0.1) is 0 Å². The standard InChI is InChI=1S/C27H34N6O3/c34-20-24-27(35)26(33-15-13-32(14-16-33)25-9-3-6-12-30-25)23(36-24)19-31(17-21-7-1-4-10-28-21)18-22-8-2-5-11-29-22/h1-12,23-24,26-27,34-35H,13-20H2/t23-,24+,26+,27-/m1/s1. The lowest BCUT2D eigenvalue weighted by Gasteiger charge is -2.41. The summed E-state index contributed by atoms with van der Waals surface area (Å²) < 4.78 is 6.26. The van der Waals surface area contributed by atoms with Crippen molar-refractivity contribution in [2.75, 3.05) is 44.2 Å². The highest BCUT2D eigenvalue weighted by molar-refractivity contribution is 5.38. The van der Waals surface area contributed by atoms with E-state index in [2.05, 4.69) is 29.7 Å². The fourth-order valence-electron chi connectivity index (χ4n) is 5.25. The minimum absolute atomic E-state index is 0.206. The van der Waals surface area contributed by atoms with Crippen molar-refractivity contribution in [1.82, 2.24) is 24.8 Å². The van der Waals surface area contributed by atoms with E-state index in [-0.39, 0.29) is 18.8 Å². The largest absolute Gasteiger partial charge is 0.394 e. The maximum atomic E-state index is 11.2. The zero-order valence-electron chi connectivity index (χ0n) is 20.4. The number of aliphatic hydroxyl groups excluding tert-OH is 2. The van der Waals surface area contributed by atoms with Gasteiger partial charge in [0, 0.05) is 64.4 Å². The van der Waals surface area contributed by atoms with Crippen LogP contribution in [0.15, 0.2) is 73.2 Å². The smallest absolute Gasteiger partial charge is 0.128 e. The summed E-state index contributed by atoms with van der Waals surface area (Å²) in [6, 6.07) is 17.6. The van der Waals surface area contributed by atoms with Crippen molar-refractivity contribution in [3.8, 4) is 0 Å². The van der Waals surface area contributed by atoms with Crippen molar-refractivity contribution >= 4 is 5.82 Å². The third-order valence-electron chi connectivity index (χ3n) is 7.01. The summed E-state index contributed by atoms with van der Waals surface area (Å²) in [5, 5.41) is 21.1. The molecule has 9 heteroatoms. The number of ether oxygens (including phenoxy) is 1. The number of rotatable bonds is 9. The van der Waals surface area contributed by atoms with Crippen LogP contribution in [0.1, 0.15) is 11.4 Å². The molecular formula is C27H34N6O3. The fraction of sp³-hybridized carbons (Fsp3) is 0.444. The lowest BCUT2D eigenvalue weighted by atomic mass is 10.0. The maximum Gasteiger partial charge on any atom is 0.128 e. The SMILES string of the molecule is OC[C@@H]1O[C@H](CN(Cc2ccccn2)Cc2ccccn2)[C@H](N2CCN(c3ccccn3)CC2)[C@@H]1O. The number of hydrogen-bond donors (Lipinski definition) is 2. The number of anilines is 1. The molecule has 2 aliphatic rings. The Labute approximate surface area is 212 Å². The van der Waals surface area contributed by atoms with Crippen LogP contribution >= 0.6 is 0 Å². The number of aliphatic hydroxyl groups is 2. The molecule has 0 bridgehead atoms.